The van der Waals surface area contributed by atoms with Crippen LogP contribution in [0.1, 0.15) is 38.2 Å². The Hall–Kier alpha value is -0.910. The average molecular weight is 298 g/mol. The number of hydrogen-bond donors (Lipinski definition) is 1. The van der Waals surface area contributed by atoms with Gasteiger partial charge in [0.25, 0.3) is 0 Å². The van der Waals surface area contributed by atoms with E-state index in [0.29, 0.717) is 17.4 Å². The van der Waals surface area contributed by atoms with Crippen LogP contribution >= 0.6 is 0 Å². The van der Waals surface area contributed by atoms with Gasteiger partial charge in [0.2, 0.25) is 10.0 Å². The molecular weight excluding hydrogens is 272 g/mol. The van der Waals surface area contributed by atoms with E-state index < -0.39 is 10.0 Å². The van der Waals surface area contributed by atoms with E-state index in [1.165, 1.54) is 9.87 Å². The van der Waals surface area contributed by atoms with Crippen LogP contribution in [-0.2, 0) is 10.0 Å². The third kappa shape index (κ3) is 4.30. The second kappa shape index (κ2) is 7.76. The number of sulfonamides is 1. The fourth-order valence-corrected chi connectivity index (χ4v) is 3.19. The van der Waals surface area contributed by atoms with Crippen molar-refractivity contribution in [2.24, 2.45) is 0 Å². The summed E-state index contributed by atoms with van der Waals surface area (Å²) in [5.74, 6) is 0.458. The van der Waals surface area contributed by atoms with Crippen molar-refractivity contribution in [3.8, 4) is 0 Å². The van der Waals surface area contributed by atoms with Crippen molar-refractivity contribution in [2.45, 2.75) is 37.5 Å². The second-order valence-electron chi connectivity index (χ2n) is 5.16. The SMILES string of the molecule is CCC(C)c1ccc(S(=O)(=O)N(C)CCCNC)cc1. The van der Waals surface area contributed by atoms with E-state index in [2.05, 4.69) is 19.2 Å². The molecule has 0 fully saturated rings. The highest BCUT2D eigenvalue weighted by atomic mass is 32.2. The quantitative estimate of drug-likeness (QED) is 0.750. The van der Waals surface area contributed by atoms with E-state index in [9.17, 15) is 8.42 Å². The predicted molar refractivity (Wildman–Crippen MR) is 83.5 cm³/mol. The Bertz CT molecular complexity index is 497. The molecule has 0 aromatic heterocycles. The molecule has 0 aliphatic carbocycles. The molecule has 114 valence electrons. The molecule has 20 heavy (non-hydrogen) atoms. The minimum atomic E-state index is -3.36. The third-order valence-electron chi connectivity index (χ3n) is 3.67. The van der Waals surface area contributed by atoms with E-state index in [-0.39, 0.29) is 0 Å². The van der Waals surface area contributed by atoms with Crippen molar-refractivity contribution in [1.29, 1.82) is 0 Å². The molecule has 1 aromatic carbocycles. The normalized spacial score (nSPS) is 13.7. The summed E-state index contributed by atoms with van der Waals surface area (Å²) in [5.41, 5.74) is 1.18. The molecule has 5 heteroatoms. The van der Waals surface area contributed by atoms with Crippen LogP contribution in [0, 0.1) is 0 Å². The molecule has 0 saturated carbocycles. The molecule has 1 aromatic rings. The van der Waals surface area contributed by atoms with Crippen molar-refractivity contribution < 1.29 is 8.42 Å². The molecule has 1 rings (SSSR count). The molecule has 1 atom stereocenters. The van der Waals surface area contributed by atoms with Gasteiger partial charge in [0.05, 0.1) is 4.90 Å². The molecule has 0 amide bonds. The van der Waals surface area contributed by atoms with Crippen LogP contribution < -0.4 is 5.32 Å². The van der Waals surface area contributed by atoms with Gasteiger partial charge in [-0.05, 0) is 50.0 Å². The largest absolute Gasteiger partial charge is 0.320 e. The Morgan fingerprint density at radius 2 is 1.85 bits per heavy atom. The number of benzene rings is 1. The summed E-state index contributed by atoms with van der Waals surface area (Å²) in [4.78, 5) is 0.372. The van der Waals surface area contributed by atoms with Crippen LogP contribution in [0.25, 0.3) is 0 Å². The molecule has 0 bridgehead atoms. The molecule has 0 heterocycles. The Kier molecular flexibility index (Phi) is 6.65. The molecule has 4 nitrogen and oxygen atoms in total. The minimum absolute atomic E-state index is 0.372. The summed E-state index contributed by atoms with van der Waals surface area (Å²) in [7, 11) is 0.133. The first-order chi connectivity index (χ1) is 9.43. The van der Waals surface area contributed by atoms with Gasteiger partial charge in [0, 0.05) is 13.6 Å². The van der Waals surface area contributed by atoms with Gasteiger partial charge in [-0.1, -0.05) is 26.0 Å². The molecule has 1 N–H and O–H groups in total. The average Bonchev–Trinajstić information content (AvgIpc) is 2.46. The first kappa shape index (κ1) is 17.1. The van der Waals surface area contributed by atoms with E-state index in [0.717, 1.165) is 19.4 Å². The summed E-state index contributed by atoms with van der Waals surface area (Å²) >= 11 is 0. The molecule has 0 radical (unpaired) electrons. The summed E-state index contributed by atoms with van der Waals surface area (Å²) < 4.78 is 26.2. The first-order valence-corrected chi connectivity index (χ1v) is 8.58. The van der Waals surface area contributed by atoms with Crippen LogP contribution in [-0.4, -0.2) is 39.9 Å². The fourth-order valence-electron chi connectivity index (χ4n) is 1.98. The Morgan fingerprint density at radius 1 is 1.25 bits per heavy atom. The third-order valence-corrected chi connectivity index (χ3v) is 5.54. The molecule has 0 spiro atoms. The molecule has 0 aliphatic heterocycles. The topological polar surface area (TPSA) is 49.4 Å². The Balaban J connectivity index is 2.82. The van der Waals surface area contributed by atoms with Crippen LogP contribution in [0.3, 0.4) is 0 Å². The zero-order valence-corrected chi connectivity index (χ0v) is 13.7. The highest BCUT2D eigenvalue weighted by Gasteiger charge is 2.20. The minimum Gasteiger partial charge on any atom is -0.320 e. The van der Waals surface area contributed by atoms with Gasteiger partial charge < -0.3 is 5.32 Å². The van der Waals surface area contributed by atoms with E-state index >= 15 is 0 Å². The monoisotopic (exact) mass is 298 g/mol. The van der Waals surface area contributed by atoms with Crippen LogP contribution in [0.2, 0.25) is 0 Å². The molecule has 1 unspecified atom stereocenters. The highest BCUT2D eigenvalue weighted by Crippen LogP contribution is 2.21. The fraction of sp³-hybridized carbons (Fsp3) is 0.600. The van der Waals surface area contributed by atoms with Crippen molar-refractivity contribution >= 4 is 10.0 Å². The van der Waals surface area contributed by atoms with Crippen LogP contribution in [0.4, 0.5) is 0 Å². The van der Waals surface area contributed by atoms with Gasteiger partial charge in [-0.15, -0.1) is 0 Å². The Labute approximate surface area is 123 Å². The number of nitrogens with one attached hydrogen (secondary N) is 1. The highest BCUT2D eigenvalue weighted by molar-refractivity contribution is 7.89. The maximum atomic E-state index is 12.4. The van der Waals surface area contributed by atoms with Gasteiger partial charge in [0.1, 0.15) is 0 Å². The van der Waals surface area contributed by atoms with Gasteiger partial charge in [-0.3, -0.25) is 0 Å². The summed E-state index contributed by atoms with van der Waals surface area (Å²) in [6.45, 7) is 5.61. The van der Waals surface area contributed by atoms with Crippen LogP contribution in [0.5, 0.6) is 0 Å². The maximum Gasteiger partial charge on any atom is 0.242 e. The standard InChI is InChI=1S/C15H26N2O2S/c1-5-13(2)14-7-9-15(10-8-14)20(18,19)17(4)12-6-11-16-3/h7-10,13,16H,5-6,11-12H2,1-4H3. The summed E-state index contributed by atoms with van der Waals surface area (Å²) in [5, 5.41) is 3.02. The van der Waals surface area contributed by atoms with Crippen molar-refractivity contribution in [1.82, 2.24) is 9.62 Å². The zero-order chi connectivity index (χ0) is 15.2. The number of nitrogens with zero attached hydrogens (tertiary/aromatic N) is 1. The van der Waals surface area contributed by atoms with Gasteiger partial charge in [-0.25, -0.2) is 12.7 Å². The maximum absolute atomic E-state index is 12.4. The number of hydrogen-bond acceptors (Lipinski definition) is 3. The first-order valence-electron chi connectivity index (χ1n) is 7.14. The molecule has 0 saturated heterocycles. The molecular formula is C15H26N2O2S. The van der Waals surface area contributed by atoms with E-state index in [4.69, 9.17) is 0 Å². The second-order valence-corrected chi connectivity index (χ2v) is 7.21. The van der Waals surface area contributed by atoms with Crippen LogP contribution in [0.15, 0.2) is 29.2 Å². The lowest BCUT2D eigenvalue weighted by Crippen LogP contribution is -2.29. The summed E-state index contributed by atoms with van der Waals surface area (Å²) in [6, 6.07) is 7.27. The van der Waals surface area contributed by atoms with Gasteiger partial charge in [0.15, 0.2) is 0 Å². The molecule has 0 aliphatic rings. The predicted octanol–water partition coefficient (Wildman–Crippen LogP) is 2.43. The number of rotatable bonds is 8. The lowest BCUT2D eigenvalue weighted by molar-refractivity contribution is 0.458. The van der Waals surface area contributed by atoms with Crippen molar-refractivity contribution in [3.05, 3.63) is 29.8 Å². The van der Waals surface area contributed by atoms with E-state index in [1.807, 2.05) is 19.2 Å². The van der Waals surface area contributed by atoms with Gasteiger partial charge in [-0.2, -0.15) is 0 Å². The van der Waals surface area contributed by atoms with E-state index in [1.54, 1.807) is 19.2 Å². The van der Waals surface area contributed by atoms with Crippen molar-refractivity contribution in [2.75, 3.05) is 27.2 Å². The summed E-state index contributed by atoms with van der Waals surface area (Å²) in [6.07, 6.45) is 1.85. The Morgan fingerprint density at radius 3 is 2.35 bits per heavy atom. The lowest BCUT2D eigenvalue weighted by atomic mass is 9.99. The van der Waals surface area contributed by atoms with Gasteiger partial charge >= 0.3 is 0 Å². The lowest BCUT2D eigenvalue weighted by Gasteiger charge is -2.17. The zero-order valence-electron chi connectivity index (χ0n) is 12.9. The van der Waals surface area contributed by atoms with Crippen molar-refractivity contribution in [3.63, 3.8) is 0 Å². The smallest absolute Gasteiger partial charge is 0.242 e.